The summed E-state index contributed by atoms with van der Waals surface area (Å²) in [5, 5.41) is 7.25. The fourth-order valence-electron chi connectivity index (χ4n) is 3.55. The predicted molar refractivity (Wildman–Crippen MR) is 101 cm³/mol. The normalized spacial score (nSPS) is 19.5. The number of ether oxygens (including phenoxy) is 1. The van der Waals surface area contributed by atoms with Gasteiger partial charge in [0.25, 0.3) is 5.91 Å². The zero-order valence-electron chi connectivity index (χ0n) is 15.9. The average Bonchev–Trinajstić information content (AvgIpc) is 3.13. The van der Waals surface area contributed by atoms with E-state index in [9.17, 15) is 9.59 Å². The van der Waals surface area contributed by atoms with Crippen LogP contribution in [0.15, 0.2) is 30.6 Å². The summed E-state index contributed by atoms with van der Waals surface area (Å²) < 4.78 is 6.86. The maximum Gasteiger partial charge on any atom is 0.342 e. The van der Waals surface area contributed by atoms with Gasteiger partial charge >= 0.3 is 5.97 Å². The molecule has 0 bridgehead atoms. The highest BCUT2D eigenvalue weighted by Gasteiger charge is 2.24. The Morgan fingerprint density at radius 3 is 2.81 bits per heavy atom. The number of hydrogen-bond acceptors (Lipinski definition) is 5. The lowest BCUT2D eigenvalue weighted by atomic mass is 9.86. The van der Waals surface area contributed by atoms with Gasteiger partial charge in [-0.2, -0.15) is 5.10 Å². The highest BCUT2D eigenvalue weighted by atomic mass is 16.5. The van der Waals surface area contributed by atoms with Crippen LogP contribution in [0, 0.1) is 5.92 Å². The van der Waals surface area contributed by atoms with Gasteiger partial charge in [0.05, 0.1) is 11.9 Å². The molecule has 2 atom stereocenters. The fraction of sp³-hybridized carbons (Fsp3) is 0.500. The van der Waals surface area contributed by atoms with Crippen molar-refractivity contribution in [1.29, 1.82) is 0 Å². The van der Waals surface area contributed by atoms with Gasteiger partial charge < -0.3 is 10.1 Å². The third kappa shape index (κ3) is 4.53. The van der Waals surface area contributed by atoms with Gasteiger partial charge in [0.1, 0.15) is 5.56 Å². The zero-order chi connectivity index (χ0) is 19.2. The Morgan fingerprint density at radius 2 is 2.11 bits per heavy atom. The minimum atomic E-state index is -0.541. The van der Waals surface area contributed by atoms with Crippen LogP contribution in [0.4, 0.5) is 0 Å². The summed E-state index contributed by atoms with van der Waals surface area (Å²) in [5.74, 6) is 0.303. The Balaban J connectivity index is 1.61. The van der Waals surface area contributed by atoms with Crippen LogP contribution < -0.4 is 5.32 Å². The number of pyridine rings is 1. The van der Waals surface area contributed by atoms with E-state index in [0.717, 1.165) is 19.3 Å². The molecule has 27 heavy (non-hydrogen) atoms. The van der Waals surface area contributed by atoms with E-state index < -0.39 is 5.97 Å². The van der Waals surface area contributed by atoms with Gasteiger partial charge in [-0.3, -0.25) is 4.79 Å². The van der Waals surface area contributed by atoms with Crippen molar-refractivity contribution in [2.75, 3.05) is 6.61 Å². The molecule has 0 saturated heterocycles. The third-order valence-corrected chi connectivity index (χ3v) is 5.08. The second kappa shape index (κ2) is 8.79. The molecule has 144 valence electrons. The molecule has 2 aromatic heterocycles. The number of amides is 1. The number of carbonyl (C=O) groups excluding carboxylic acids is 2. The van der Waals surface area contributed by atoms with Gasteiger partial charge in [0.2, 0.25) is 0 Å². The minimum Gasteiger partial charge on any atom is -0.452 e. The van der Waals surface area contributed by atoms with Crippen molar-refractivity contribution >= 4 is 11.9 Å². The second-order valence-electron chi connectivity index (χ2n) is 6.97. The molecule has 2 aromatic rings. The molecule has 0 radical (unpaired) electrons. The lowest BCUT2D eigenvalue weighted by Gasteiger charge is -2.29. The Labute approximate surface area is 159 Å². The summed E-state index contributed by atoms with van der Waals surface area (Å²) in [4.78, 5) is 28.9. The molecule has 2 unspecified atom stereocenters. The number of nitrogens with one attached hydrogen (secondary N) is 1. The van der Waals surface area contributed by atoms with Crippen molar-refractivity contribution in [3.63, 3.8) is 0 Å². The van der Waals surface area contributed by atoms with E-state index in [0.29, 0.717) is 29.4 Å². The first kappa shape index (κ1) is 19.1. The average molecular weight is 370 g/mol. The minimum absolute atomic E-state index is 0.169. The Kier molecular flexibility index (Phi) is 6.21. The van der Waals surface area contributed by atoms with E-state index in [4.69, 9.17) is 4.74 Å². The zero-order valence-corrected chi connectivity index (χ0v) is 15.9. The molecular weight excluding hydrogens is 344 g/mol. The standard InChI is InChI=1S/C20H26N4O3/c1-3-17-15(12-22-24(17)18-10-6-7-11-21-18)20(26)27-13-19(25)23-16-9-5-4-8-14(16)2/h6-7,10-12,14,16H,3-5,8-9,13H2,1-2H3,(H,23,25). The second-order valence-corrected chi connectivity index (χ2v) is 6.97. The Morgan fingerprint density at radius 1 is 1.30 bits per heavy atom. The monoisotopic (exact) mass is 370 g/mol. The van der Waals surface area contributed by atoms with Gasteiger partial charge in [-0.15, -0.1) is 0 Å². The van der Waals surface area contributed by atoms with Gasteiger partial charge in [0, 0.05) is 12.2 Å². The third-order valence-electron chi connectivity index (χ3n) is 5.08. The van der Waals surface area contributed by atoms with E-state index in [1.165, 1.54) is 12.6 Å². The predicted octanol–water partition coefficient (Wildman–Crippen LogP) is 2.68. The maximum atomic E-state index is 12.5. The Bertz CT molecular complexity index is 788. The van der Waals surface area contributed by atoms with Crippen molar-refractivity contribution in [2.45, 2.75) is 52.0 Å². The molecular formula is C20H26N4O3. The first-order valence-corrected chi connectivity index (χ1v) is 9.55. The molecule has 1 N–H and O–H groups in total. The molecule has 7 heteroatoms. The number of nitrogens with zero attached hydrogens (tertiary/aromatic N) is 3. The number of aromatic nitrogens is 3. The van der Waals surface area contributed by atoms with E-state index >= 15 is 0 Å². The first-order chi connectivity index (χ1) is 13.1. The smallest absolute Gasteiger partial charge is 0.342 e. The molecule has 7 nitrogen and oxygen atoms in total. The molecule has 3 rings (SSSR count). The van der Waals surface area contributed by atoms with E-state index in [2.05, 4.69) is 22.3 Å². The molecule has 1 fully saturated rings. The fourth-order valence-corrected chi connectivity index (χ4v) is 3.55. The van der Waals surface area contributed by atoms with E-state index in [-0.39, 0.29) is 18.6 Å². The molecule has 1 saturated carbocycles. The Hall–Kier alpha value is -2.70. The molecule has 1 amide bonds. The van der Waals surface area contributed by atoms with Crippen LogP contribution in [0.3, 0.4) is 0 Å². The summed E-state index contributed by atoms with van der Waals surface area (Å²) in [6.07, 6.45) is 8.17. The van der Waals surface area contributed by atoms with Crippen molar-refractivity contribution < 1.29 is 14.3 Å². The molecule has 0 spiro atoms. The van der Waals surface area contributed by atoms with E-state index in [1.807, 2.05) is 25.1 Å². The SMILES string of the molecule is CCc1c(C(=O)OCC(=O)NC2CCCCC2C)cnn1-c1ccccn1. The van der Waals surface area contributed by atoms with Crippen LogP contribution in [0.2, 0.25) is 0 Å². The largest absolute Gasteiger partial charge is 0.452 e. The van der Waals surface area contributed by atoms with Crippen molar-refractivity contribution in [3.05, 3.63) is 41.9 Å². The number of carbonyl (C=O) groups is 2. The van der Waals surface area contributed by atoms with Crippen LogP contribution >= 0.6 is 0 Å². The topological polar surface area (TPSA) is 86.1 Å². The first-order valence-electron chi connectivity index (χ1n) is 9.55. The number of rotatable bonds is 6. The maximum absolute atomic E-state index is 12.5. The van der Waals surface area contributed by atoms with Gasteiger partial charge in [0.15, 0.2) is 12.4 Å². The summed E-state index contributed by atoms with van der Waals surface area (Å²) in [7, 11) is 0. The quantitative estimate of drug-likeness (QED) is 0.790. The van der Waals surface area contributed by atoms with Crippen molar-refractivity contribution in [3.8, 4) is 5.82 Å². The van der Waals surface area contributed by atoms with Crippen LogP contribution in [-0.2, 0) is 16.0 Å². The van der Waals surface area contributed by atoms with Gasteiger partial charge in [-0.05, 0) is 37.3 Å². The summed E-state index contributed by atoms with van der Waals surface area (Å²) >= 11 is 0. The molecule has 1 aliphatic rings. The summed E-state index contributed by atoms with van der Waals surface area (Å²) in [5.41, 5.74) is 1.07. The number of esters is 1. The van der Waals surface area contributed by atoms with Crippen LogP contribution in [0.5, 0.6) is 0 Å². The molecule has 0 aromatic carbocycles. The highest BCUT2D eigenvalue weighted by Crippen LogP contribution is 2.23. The molecule has 1 aliphatic carbocycles. The van der Waals surface area contributed by atoms with Gasteiger partial charge in [-0.1, -0.05) is 32.8 Å². The number of hydrogen-bond donors (Lipinski definition) is 1. The lowest BCUT2D eigenvalue weighted by molar-refractivity contribution is -0.125. The lowest BCUT2D eigenvalue weighted by Crippen LogP contribution is -2.42. The highest BCUT2D eigenvalue weighted by molar-refractivity contribution is 5.92. The van der Waals surface area contributed by atoms with Crippen molar-refractivity contribution in [1.82, 2.24) is 20.1 Å². The molecule has 2 heterocycles. The van der Waals surface area contributed by atoms with Crippen molar-refractivity contribution in [2.24, 2.45) is 5.92 Å². The van der Waals surface area contributed by atoms with Crippen LogP contribution in [-0.4, -0.2) is 39.3 Å². The van der Waals surface area contributed by atoms with Crippen LogP contribution in [0.25, 0.3) is 5.82 Å². The van der Waals surface area contributed by atoms with Gasteiger partial charge in [-0.25, -0.2) is 14.5 Å². The van der Waals surface area contributed by atoms with E-state index in [1.54, 1.807) is 10.9 Å². The molecule has 0 aliphatic heterocycles. The summed E-state index contributed by atoms with van der Waals surface area (Å²) in [6, 6.07) is 5.67. The van der Waals surface area contributed by atoms with Crippen LogP contribution in [0.1, 0.15) is 55.6 Å². The summed E-state index contributed by atoms with van der Waals surface area (Å²) in [6.45, 7) is 3.81.